The summed E-state index contributed by atoms with van der Waals surface area (Å²) in [5.41, 5.74) is 0.852. The number of benzene rings is 1. The van der Waals surface area contributed by atoms with Crippen LogP contribution in [0.5, 0.6) is 0 Å². The van der Waals surface area contributed by atoms with Gasteiger partial charge in [0, 0.05) is 38.1 Å². The predicted octanol–water partition coefficient (Wildman–Crippen LogP) is 1.77. The highest BCUT2D eigenvalue weighted by Gasteiger charge is 2.29. The third kappa shape index (κ3) is 5.93. The highest BCUT2D eigenvalue weighted by molar-refractivity contribution is 7.92. The maximum absolute atomic E-state index is 12.5. The first-order valence-corrected chi connectivity index (χ1v) is 10.5. The Kier molecular flexibility index (Phi) is 7.37. The Morgan fingerprint density at radius 3 is 2.31 bits per heavy atom. The van der Waals surface area contributed by atoms with Gasteiger partial charge < -0.3 is 5.32 Å². The lowest BCUT2D eigenvalue weighted by Gasteiger charge is -2.36. The minimum Gasteiger partial charge on any atom is -0.354 e. The number of hydrogen-bond donors (Lipinski definition) is 1. The summed E-state index contributed by atoms with van der Waals surface area (Å²) in [7, 11) is -3.45. The van der Waals surface area contributed by atoms with Crippen LogP contribution >= 0.6 is 0 Å². The first-order chi connectivity index (χ1) is 12.3. The molecule has 1 fully saturated rings. The van der Waals surface area contributed by atoms with Crippen molar-refractivity contribution in [2.75, 3.05) is 32.7 Å². The van der Waals surface area contributed by atoms with Gasteiger partial charge in [-0.1, -0.05) is 44.2 Å². The van der Waals surface area contributed by atoms with E-state index in [0.29, 0.717) is 38.6 Å². The van der Waals surface area contributed by atoms with Crippen molar-refractivity contribution in [2.24, 2.45) is 5.92 Å². The van der Waals surface area contributed by atoms with Gasteiger partial charge in [-0.2, -0.15) is 4.31 Å². The van der Waals surface area contributed by atoms with Gasteiger partial charge in [-0.3, -0.25) is 9.69 Å². The van der Waals surface area contributed by atoms with E-state index in [-0.39, 0.29) is 11.9 Å². The summed E-state index contributed by atoms with van der Waals surface area (Å²) in [6, 6.07) is 9.11. The van der Waals surface area contributed by atoms with Crippen LogP contribution in [0.1, 0.15) is 26.3 Å². The molecule has 6 nitrogen and oxygen atoms in total. The quantitative estimate of drug-likeness (QED) is 0.784. The maximum atomic E-state index is 12.5. The Labute approximate surface area is 156 Å². The molecule has 0 radical (unpaired) electrons. The molecule has 7 heteroatoms. The molecule has 144 valence electrons. The van der Waals surface area contributed by atoms with Gasteiger partial charge in [-0.25, -0.2) is 8.42 Å². The summed E-state index contributed by atoms with van der Waals surface area (Å²) in [4.78, 5) is 14.2. The molecular formula is C19H29N3O3S. The molecule has 0 aliphatic carbocycles. The molecule has 1 amide bonds. The minimum atomic E-state index is -3.45. The maximum Gasteiger partial charge on any atom is 0.237 e. The van der Waals surface area contributed by atoms with E-state index in [2.05, 4.69) is 19.2 Å². The van der Waals surface area contributed by atoms with Gasteiger partial charge in [-0.05, 0) is 24.5 Å². The molecule has 0 bridgehead atoms. The number of rotatable bonds is 7. The van der Waals surface area contributed by atoms with E-state index in [1.807, 2.05) is 42.2 Å². The summed E-state index contributed by atoms with van der Waals surface area (Å²) < 4.78 is 26.5. The van der Waals surface area contributed by atoms with Crippen LogP contribution in [0.2, 0.25) is 0 Å². The normalized spacial score (nSPS) is 18.3. The van der Waals surface area contributed by atoms with E-state index in [4.69, 9.17) is 0 Å². The Bertz CT molecular complexity index is 709. The van der Waals surface area contributed by atoms with E-state index in [9.17, 15) is 13.2 Å². The second-order valence-corrected chi connectivity index (χ2v) is 8.83. The summed E-state index contributed by atoms with van der Waals surface area (Å²) in [5.74, 6) is 0.406. The Balaban J connectivity index is 1.88. The largest absolute Gasteiger partial charge is 0.354 e. The SMILES string of the molecule is CC(C)CNC(=O)[C@H](C)N1CCN(S(=O)(=O)/C=C/c2ccccc2)CC1. The number of carbonyl (C=O) groups excluding carboxylic acids is 1. The van der Waals surface area contributed by atoms with Gasteiger partial charge in [-0.15, -0.1) is 0 Å². The molecule has 1 aliphatic rings. The van der Waals surface area contributed by atoms with Crippen molar-refractivity contribution < 1.29 is 13.2 Å². The van der Waals surface area contributed by atoms with Crippen LogP contribution in [-0.2, 0) is 14.8 Å². The Morgan fingerprint density at radius 2 is 1.73 bits per heavy atom. The van der Waals surface area contributed by atoms with Crippen molar-refractivity contribution >= 4 is 22.0 Å². The molecule has 1 aromatic rings. The molecule has 1 aliphatic heterocycles. The van der Waals surface area contributed by atoms with Crippen molar-refractivity contribution in [1.29, 1.82) is 0 Å². The second-order valence-electron chi connectivity index (χ2n) is 7.01. The lowest BCUT2D eigenvalue weighted by atomic mass is 10.2. The van der Waals surface area contributed by atoms with Crippen molar-refractivity contribution in [3.8, 4) is 0 Å². The van der Waals surface area contributed by atoms with Crippen LogP contribution < -0.4 is 5.32 Å². The van der Waals surface area contributed by atoms with Crippen molar-refractivity contribution in [3.63, 3.8) is 0 Å². The summed E-state index contributed by atoms with van der Waals surface area (Å²) >= 11 is 0. The number of piperazine rings is 1. The summed E-state index contributed by atoms with van der Waals surface area (Å²) in [5, 5.41) is 4.20. The predicted molar refractivity (Wildman–Crippen MR) is 105 cm³/mol. The molecule has 1 saturated heterocycles. The van der Waals surface area contributed by atoms with E-state index in [0.717, 1.165) is 5.56 Å². The van der Waals surface area contributed by atoms with Crippen molar-refractivity contribution in [2.45, 2.75) is 26.8 Å². The van der Waals surface area contributed by atoms with Gasteiger partial charge in [0.05, 0.1) is 6.04 Å². The standard InChI is InChI=1S/C19H29N3O3S/c1-16(2)15-20-19(23)17(3)21-10-12-22(13-11-21)26(24,25)14-9-18-7-5-4-6-8-18/h4-9,14,16-17H,10-13,15H2,1-3H3,(H,20,23)/b14-9+/t17-/m0/s1. The number of carbonyl (C=O) groups is 1. The first-order valence-electron chi connectivity index (χ1n) is 9.04. The number of sulfonamides is 1. The first kappa shape index (κ1) is 20.6. The van der Waals surface area contributed by atoms with E-state index in [1.54, 1.807) is 6.08 Å². The molecule has 1 N–H and O–H groups in total. The molecule has 1 aromatic carbocycles. The molecule has 2 rings (SSSR count). The average molecular weight is 380 g/mol. The van der Waals surface area contributed by atoms with Crippen LogP contribution in [-0.4, -0.2) is 62.3 Å². The summed E-state index contributed by atoms with van der Waals surface area (Å²) in [6.07, 6.45) is 1.61. The fraction of sp³-hybridized carbons (Fsp3) is 0.526. The number of nitrogens with one attached hydrogen (secondary N) is 1. The highest BCUT2D eigenvalue weighted by Crippen LogP contribution is 2.13. The molecular weight excluding hydrogens is 350 g/mol. The van der Waals surface area contributed by atoms with Crippen LogP contribution in [0.15, 0.2) is 35.7 Å². The molecule has 1 atom stereocenters. The molecule has 0 spiro atoms. The zero-order valence-electron chi connectivity index (χ0n) is 15.8. The van der Waals surface area contributed by atoms with Gasteiger partial charge in [0.25, 0.3) is 0 Å². The second kappa shape index (κ2) is 9.30. The molecule has 26 heavy (non-hydrogen) atoms. The van der Waals surface area contributed by atoms with Gasteiger partial charge >= 0.3 is 0 Å². The number of hydrogen-bond acceptors (Lipinski definition) is 4. The van der Waals surface area contributed by atoms with Gasteiger partial charge in [0.2, 0.25) is 15.9 Å². The highest BCUT2D eigenvalue weighted by atomic mass is 32.2. The fourth-order valence-electron chi connectivity index (χ4n) is 2.78. The lowest BCUT2D eigenvalue weighted by Crippen LogP contribution is -2.54. The Hall–Kier alpha value is -1.70. The topological polar surface area (TPSA) is 69.7 Å². The molecule has 0 aromatic heterocycles. The third-order valence-corrected chi connectivity index (χ3v) is 6.04. The Morgan fingerprint density at radius 1 is 1.12 bits per heavy atom. The van der Waals surface area contributed by atoms with Gasteiger partial charge in [0.1, 0.15) is 0 Å². The van der Waals surface area contributed by atoms with E-state index in [1.165, 1.54) is 9.71 Å². The van der Waals surface area contributed by atoms with E-state index < -0.39 is 10.0 Å². The van der Waals surface area contributed by atoms with E-state index >= 15 is 0 Å². The fourth-order valence-corrected chi connectivity index (χ4v) is 3.95. The zero-order chi connectivity index (χ0) is 19.2. The van der Waals surface area contributed by atoms with Gasteiger partial charge in [0.15, 0.2) is 0 Å². The monoisotopic (exact) mass is 379 g/mol. The van der Waals surface area contributed by atoms with Crippen LogP contribution in [0.3, 0.4) is 0 Å². The summed E-state index contributed by atoms with van der Waals surface area (Å²) in [6.45, 7) is 8.52. The molecule has 0 saturated carbocycles. The smallest absolute Gasteiger partial charge is 0.237 e. The van der Waals surface area contributed by atoms with Crippen LogP contribution in [0.4, 0.5) is 0 Å². The van der Waals surface area contributed by atoms with Crippen LogP contribution in [0, 0.1) is 5.92 Å². The number of nitrogens with zero attached hydrogens (tertiary/aromatic N) is 2. The van der Waals surface area contributed by atoms with Crippen molar-refractivity contribution in [3.05, 3.63) is 41.3 Å². The average Bonchev–Trinajstić information content (AvgIpc) is 2.65. The lowest BCUT2D eigenvalue weighted by molar-refractivity contribution is -0.126. The molecule has 0 unspecified atom stereocenters. The van der Waals surface area contributed by atoms with Crippen molar-refractivity contribution in [1.82, 2.24) is 14.5 Å². The number of amides is 1. The minimum absolute atomic E-state index is 0.000944. The molecule has 1 heterocycles. The third-order valence-electron chi connectivity index (χ3n) is 4.48. The zero-order valence-corrected chi connectivity index (χ0v) is 16.6. The van der Waals surface area contributed by atoms with Crippen LogP contribution in [0.25, 0.3) is 6.08 Å².